The summed E-state index contributed by atoms with van der Waals surface area (Å²) < 4.78 is 4.98. The van der Waals surface area contributed by atoms with Gasteiger partial charge in [-0.2, -0.15) is 4.98 Å². The minimum absolute atomic E-state index is 0.00125. The first-order chi connectivity index (χ1) is 8.65. The summed E-state index contributed by atoms with van der Waals surface area (Å²) >= 11 is 1.19. The topological polar surface area (TPSA) is 102 Å². The summed E-state index contributed by atoms with van der Waals surface area (Å²) in [6.07, 6.45) is 3.33. The quantitative estimate of drug-likeness (QED) is 0.859. The highest BCUT2D eigenvalue weighted by atomic mass is 32.2. The molecule has 0 saturated carbocycles. The molecule has 1 N–H and O–H groups in total. The number of rotatable bonds is 5. The Morgan fingerprint density at radius 1 is 1.39 bits per heavy atom. The van der Waals surface area contributed by atoms with Crippen LogP contribution in [-0.4, -0.2) is 36.9 Å². The molecule has 0 aliphatic heterocycles. The van der Waals surface area contributed by atoms with Crippen molar-refractivity contribution in [3.63, 3.8) is 0 Å². The highest BCUT2D eigenvalue weighted by Crippen LogP contribution is 2.14. The maximum absolute atomic E-state index is 10.3. The lowest BCUT2D eigenvalue weighted by atomic mass is 10.4. The highest BCUT2D eigenvalue weighted by Gasteiger charge is 2.11. The molecular formula is C10H10N4O3S. The van der Waals surface area contributed by atoms with Gasteiger partial charge in [0.15, 0.2) is 0 Å². The number of aryl methyl sites for hydroxylation is 1. The van der Waals surface area contributed by atoms with Gasteiger partial charge in [-0.05, 0) is 12.5 Å². The van der Waals surface area contributed by atoms with Crippen LogP contribution in [0.1, 0.15) is 11.5 Å². The fraction of sp³-hybridized carbons (Fsp3) is 0.300. The molecule has 0 bridgehead atoms. The first kappa shape index (κ1) is 12.5. The summed E-state index contributed by atoms with van der Waals surface area (Å²) in [7, 11) is 0. The number of carboxylic acid groups (broad SMARTS) is 1. The Hall–Kier alpha value is -1.96. The molecule has 0 fully saturated rings. The van der Waals surface area contributed by atoms with E-state index in [1.807, 2.05) is 6.92 Å². The summed E-state index contributed by atoms with van der Waals surface area (Å²) in [5.41, 5.74) is 0.944. The van der Waals surface area contributed by atoms with Crippen LogP contribution in [0.25, 0.3) is 11.6 Å². The van der Waals surface area contributed by atoms with E-state index in [1.165, 1.54) is 11.8 Å². The zero-order chi connectivity index (χ0) is 13.0. The minimum Gasteiger partial charge on any atom is -0.481 e. The minimum atomic E-state index is -0.874. The number of carbonyl (C=O) groups is 1. The van der Waals surface area contributed by atoms with E-state index in [-0.39, 0.29) is 5.75 Å². The van der Waals surface area contributed by atoms with E-state index in [4.69, 9.17) is 9.63 Å². The number of thioether (sulfide) groups is 1. The molecule has 2 aromatic rings. The molecule has 0 saturated heterocycles. The lowest BCUT2D eigenvalue weighted by Gasteiger charge is -1.92. The molecule has 0 spiro atoms. The zero-order valence-electron chi connectivity index (χ0n) is 9.53. The largest absolute Gasteiger partial charge is 0.481 e. The predicted octanol–water partition coefficient (Wildman–Crippen LogP) is 1.15. The normalized spacial score (nSPS) is 10.5. The Morgan fingerprint density at radius 2 is 2.11 bits per heavy atom. The van der Waals surface area contributed by atoms with E-state index in [9.17, 15) is 4.79 Å². The highest BCUT2D eigenvalue weighted by molar-refractivity contribution is 7.99. The summed E-state index contributed by atoms with van der Waals surface area (Å²) in [6, 6.07) is 0. The van der Waals surface area contributed by atoms with Crippen molar-refractivity contribution in [2.45, 2.75) is 12.7 Å². The van der Waals surface area contributed by atoms with Gasteiger partial charge in [-0.3, -0.25) is 4.79 Å². The molecule has 0 atom stereocenters. The molecule has 94 valence electrons. The number of nitrogens with zero attached hydrogens (tertiary/aromatic N) is 4. The Kier molecular flexibility index (Phi) is 3.88. The maximum atomic E-state index is 10.3. The third-order valence-electron chi connectivity index (χ3n) is 1.90. The van der Waals surface area contributed by atoms with Crippen molar-refractivity contribution >= 4 is 17.7 Å². The van der Waals surface area contributed by atoms with Crippen molar-refractivity contribution in [1.29, 1.82) is 0 Å². The second-order valence-corrected chi connectivity index (χ2v) is 4.47. The van der Waals surface area contributed by atoms with E-state index in [0.29, 0.717) is 23.3 Å². The van der Waals surface area contributed by atoms with E-state index < -0.39 is 5.97 Å². The van der Waals surface area contributed by atoms with Gasteiger partial charge in [0.2, 0.25) is 17.5 Å². The zero-order valence-corrected chi connectivity index (χ0v) is 10.3. The summed E-state index contributed by atoms with van der Waals surface area (Å²) in [5, 5.41) is 12.2. The molecule has 2 rings (SSSR count). The van der Waals surface area contributed by atoms with Crippen molar-refractivity contribution in [3.8, 4) is 11.6 Å². The van der Waals surface area contributed by atoms with Crippen molar-refractivity contribution < 1.29 is 14.4 Å². The third-order valence-corrected chi connectivity index (χ3v) is 2.80. The Balaban J connectivity index is 2.01. The fourth-order valence-electron chi connectivity index (χ4n) is 1.14. The first-order valence-electron chi connectivity index (χ1n) is 5.06. The predicted molar refractivity (Wildman–Crippen MR) is 63.9 cm³/mol. The maximum Gasteiger partial charge on any atom is 0.313 e. The van der Waals surface area contributed by atoms with Crippen LogP contribution < -0.4 is 0 Å². The van der Waals surface area contributed by atoms with Gasteiger partial charge in [0.1, 0.15) is 0 Å². The molecule has 18 heavy (non-hydrogen) atoms. The van der Waals surface area contributed by atoms with Crippen molar-refractivity contribution in [3.05, 3.63) is 23.8 Å². The summed E-state index contributed by atoms with van der Waals surface area (Å²) in [6.45, 7) is 1.88. The number of carboxylic acids is 1. The first-order valence-corrected chi connectivity index (χ1v) is 6.22. The lowest BCUT2D eigenvalue weighted by molar-refractivity contribution is -0.133. The number of hydrogen-bond donors (Lipinski definition) is 1. The smallest absolute Gasteiger partial charge is 0.313 e. The van der Waals surface area contributed by atoms with Crippen LogP contribution in [-0.2, 0) is 10.5 Å². The molecule has 0 amide bonds. The van der Waals surface area contributed by atoms with E-state index in [1.54, 1.807) is 12.4 Å². The molecule has 0 aromatic carbocycles. The lowest BCUT2D eigenvalue weighted by Crippen LogP contribution is -1.98. The number of aromatic nitrogens is 4. The van der Waals surface area contributed by atoms with Gasteiger partial charge >= 0.3 is 5.97 Å². The van der Waals surface area contributed by atoms with Crippen molar-refractivity contribution in [2.75, 3.05) is 5.75 Å². The summed E-state index contributed by atoms with van der Waals surface area (Å²) in [4.78, 5) is 22.6. The van der Waals surface area contributed by atoms with Crippen LogP contribution in [0.5, 0.6) is 0 Å². The number of hydrogen-bond acceptors (Lipinski definition) is 7. The SMILES string of the molecule is Cc1cnc(-c2noc(CSCC(=O)O)n2)nc1. The molecule has 0 aliphatic carbocycles. The Labute approximate surface area is 107 Å². The Morgan fingerprint density at radius 3 is 2.78 bits per heavy atom. The van der Waals surface area contributed by atoms with Gasteiger partial charge < -0.3 is 9.63 Å². The van der Waals surface area contributed by atoms with Crippen molar-refractivity contribution in [1.82, 2.24) is 20.1 Å². The number of aliphatic carboxylic acids is 1. The molecule has 8 heteroatoms. The van der Waals surface area contributed by atoms with E-state index >= 15 is 0 Å². The third kappa shape index (κ3) is 3.27. The van der Waals surface area contributed by atoms with Crippen LogP contribution >= 0.6 is 11.8 Å². The van der Waals surface area contributed by atoms with E-state index in [2.05, 4.69) is 20.1 Å². The van der Waals surface area contributed by atoms with Crippen LogP contribution in [0, 0.1) is 6.92 Å². The second kappa shape index (κ2) is 5.58. The van der Waals surface area contributed by atoms with Gasteiger partial charge in [0.05, 0.1) is 11.5 Å². The molecule has 0 unspecified atom stereocenters. The molecular weight excluding hydrogens is 256 g/mol. The molecule has 0 radical (unpaired) electrons. The van der Waals surface area contributed by atoms with E-state index in [0.717, 1.165) is 5.56 Å². The van der Waals surface area contributed by atoms with Crippen LogP contribution in [0.3, 0.4) is 0 Å². The molecule has 7 nitrogen and oxygen atoms in total. The molecule has 2 heterocycles. The van der Waals surface area contributed by atoms with Gasteiger partial charge in [0.25, 0.3) is 0 Å². The average molecular weight is 266 g/mol. The molecule has 2 aromatic heterocycles. The Bertz CT molecular complexity index is 540. The van der Waals surface area contributed by atoms with Gasteiger partial charge in [-0.1, -0.05) is 5.16 Å². The standard InChI is InChI=1S/C10H10N4O3S/c1-6-2-11-9(12-3-6)10-13-7(17-14-10)4-18-5-8(15)16/h2-3H,4-5H2,1H3,(H,15,16). The van der Waals surface area contributed by atoms with Crippen LogP contribution in [0.2, 0.25) is 0 Å². The average Bonchev–Trinajstić information content (AvgIpc) is 2.78. The monoisotopic (exact) mass is 266 g/mol. The van der Waals surface area contributed by atoms with Crippen LogP contribution in [0.4, 0.5) is 0 Å². The van der Waals surface area contributed by atoms with Crippen LogP contribution in [0.15, 0.2) is 16.9 Å². The van der Waals surface area contributed by atoms with Gasteiger partial charge in [0, 0.05) is 12.4 Å². The van der Waals surface area contributed by atoms with Gasteiger partial charge in [-0.15, -0.1) is 11.8 Å². The van der Waals surface area contributed by atoms with Crippen molar-refractivity contribution in [2.24, 2.45) is 0 Å². The van der Waals surface area contributed by atoms with Gasteiger partial charge in [-0.25, -0.2) is 9.97 Å². The fourth-order valence-corrected chi connectivity index (χ4v) is 1.71. The summed E-state index contributed by atoms with van der Waals surface area (Å²) in [5.74, 6) is 0.533. The molecule has 0 aliphatic rings. The second-order valence-electron chi connectivity index (χ2n) is 3.48.